The summed E-state index contributed by atoms with van der Waals surface area (Å²) in [5.41, 5.74) is 4.73. The summed E-state index contributed by atoms with van der Waals surface area (Å²) in [6.45, 7) is 7.21. The molecule has 1 heteroatoms. The van der Waals surface area contributed by atoms with Crippen LogP contribution in [0.25, 0.3) is 5.57 Å². The molecule has 1 aromatic rings. The first kappa shape index (κ1) is 12.6. The number of hydrogen-bond acceptors (Lipinski definition) is 0. The van der Waals surface area contributed by atoms with Gasteiger partial charge in [0, 0.05) is 0 Å². The zero-order chi connectivity index (χ0) is 12.3. The van der Waals surface area contributed by atoms with Crippen LogP contribution in [0.1, 0.15) is 31.9 Å². The molecule has 0 unspecified atom stereocenters. The highest BCUT2D eigenvalue weighted by Gasteiger charge is 2.29. The molecule has 0 fully saturated rings. The van der Waals surface area contributed by atoms with Gasteiger partial charge in [-0.15, -0.1) is 0 Å². The first-order chi connectivity index (χ1) is 8.24. The van der Waals surface area contributed by atoms with Gasteiger partial charge in [0.2, 0.25) is 0 Å². The number of allylic oxidation sites excluding steroid dienone is 2. The number of benzene rings is 1. The average Bonchev–Trinajstić information content (AvgIpc) is 2.79. The van der Waals surface area contributed by atoms with E-state index in [1.54, 1.807) is 11.1 Å². The van der Waals surface area contributed by atoms with Crippen molar-refractivity contribution in [3.05, 3.63) is 41.5 Å². The van der Waals surface area contributed by atoms with Crippen molar-refractivity contribution in [2.24, 2.45) is 0 Å². The third kappa shape index (κ3) is 2.39. The molecule has 0 radical (unpaired) electrons. The fourth-order valence-electron chi connectivity index (χ4n) is 3.05. The molecule has 0 atom stereocenters. The summed E-state index contributed by atoms with van der Waals surface area (Å²) in [5.74, 6) is 0. The third-order valence-corrected chi connectivity index (χ3v) is 10.4. The fourth-order valence-corrected chi connectivity index (χ4v) is 6.44. The molecule has 92 valence electrons. The van der Waals surface area contributed by atoms with Crippen molar-refractivity contribution in [3.8, 4) is 0 Å². The lowest BCUT2D eigenvalue weighted by Crippen LogP contribution is -2.31. The predicted molar refractivity (Wildman–Crippen MR) is 80.1 cm³/mol. The molecule has 0 saturated heterocycles. The SMILES string of the molecule is CC[Si](CC)(CC)CC1=CCc2ccccc21. The minimum absolute atomic E-state index is 1.02. The molecule has 1 aromatic carbocycles. The standard InChI is InChI=1S/C16H24Si/c1-4-17(5-2,6-3)13-15-12-11-14-9-7-8-10-16(14)15/h7-10,12H,4-6,11,13H2,1-3H3. The van der Waals surface area contributed by atoms with E-state index in [-0.39, 0.29) is 0 Å². The van der Waals surface area contributed by atoms with Crippen LogP contribution in [0.15, 0.2) is 30.3 Å². The van der Waals surface area contributed by atoms with E-state index < -0.39 is 8.07 Å². The van der Waals surface area contributed by atoms with Gasteiger partial charge in [-0.3, -0.25) is 0 Å². The fraction of sp³-hybridized carbons (Fsp3) is 0.500. The largest absolute Gasteiger partial charge is 0.0766 e. The monoisotopic (exact) mass is 244 g/mol. The Hall–Kier alpha value is -0.823. The Morgan fingerprint density at radius 2 is 1.65 bits per heavy atom. The Morgan fingerprint density at radius 3 is 2.29 bits per heavy atom. The average molecular weight is 244 g/mol. The summed E-state index contributed by atoms with van der Waals surface area (Å²) in [5, 5.41) is 0. The van der Waals surface area contributed by atoms with Crippen LogP contribution in [-0.4, -0.2) is 8.07 Å². The lowest BCUT2D eigenvalue weighted by Gasteiger charge is -2.29. The van der Waals surface area contributed by atoms with Crippen molar-refractivity contribution in [2.45, 2.75) is 51.4 Å². The molecule has 0 N–H and O–H groups in total. The second-order valence-corrected chi connectivity index (χ2v) is 10.8. The van der Waals surface area contributed by atoms with E-state index in [0.717, 1.165) is 6.42 Å². The summed E-state index contributed by atoms with van der Waals surface area (Å²) in [6, 6.07) is 14.6. The van der Waals surface area contributed by atoms with Crippen molar-refractivity contribution >= 4 is 13.6 Å². The smallest absolute Gasteiger partial charge is 0.0571 e. The lowest BCUT2D eigenvalue weighted by atomic mass is 10.1. The van der Waals surface area contributed by atoms with E-state index in [2.05, 4.69) is 51.1 Å². The van der Waals surface area contributed by atoms with Crippen molar-refractivity contribution in [3.63, 3.8) is 0 Å². The maximum absolute atomic E-state index is 2.48. The van der Waals surface area contributed by atoms with Crippen LogP contribution in [0.3, 0.4) is 0 Å². The Labute approximate surface area is 107 Å². The normalized spacial score (nSPS) is 14.6. The summed E-state index contributed by atoms with van der Waals surface area (Å²) in [6.07, 6.45) is 3.64. The van der Waals surface area contributed by atoms with E-state index in [4.69, 9.17) is 0 Å². The van der Waals surface area contributed by atoms with Crippen LogP contribution in [0.2, 0.25) is 24.2 Å². The number of rotatable bonds is 5. The second-order valence-electron chi connectivity index (χ2n) is 5.33. The number of fused-ring (bicyclic) bond motifs is 1. The molecule has 0 bridgehead atoms. The van der Waals surface area contributed by atoms with Gasteiger partial charge in [0.1, 0.15) is 0 Å². The van der Waals surface area contributed by atoms with E-state index in [1.807, 2.05) is 0 Å². The molecule has 0 heterocycles. The minimum Gasteiger partial charge on any atom is -0.0766 e. The minimum atomic E-state index is -1.02. The zero-order valence-corrected chi connectivity index (χ0v) is 12.4. The lowest BCUT2D eigenvalue weighted by molar-refractivity contribution is 1.15. The van der Waals surface area contributed by atoms with Crippen molar-refractivity contribution in [1.29, 1.82) is 0 Å². The van der Waals surface area contributed by atoms with Gasteiger partial charge in [-0.1, -0.05) is 69.2 Å². The van der Waals surface area contributed by atoms with Crippen LogP contribution in [0.4, 0.5) is 0 Å². The zero-order valence-electron chi connectivity index (χ0n) is 11.4. The highest BCUT2D eigenvalue weighted by molar-refractivity contribution is 6.81. The first-order valence-corrected chi connectivity index (χ1v) is 9.85. The number of hydrogen-bond donors (Lipinski definition) is 0. The van der Waals surface area contributed by atoms with E-state index in [9.17, 15) is 0 Å². The first-order valence-electron chi connectivity index (χ1n) is 7.02. The Kier molecular flexibility index (Phi) is 3.88. The van der Waals surface area contributed by atoms with E-state index in [1.165, 1.54) is 29.7 Å². The van der Waals surface area contributed by atoms with Crippen LogP contribution < -0.4 is 0 Å². The van der Waals surface area contributed by atoms with Crippen LogP contribution >= 0.6 is 0 Å². The van der Waals surface area contributed by atoms with Gasteiger partial charge in [0.05, 0.1) is 8.07 Å². The molecule has 0 aliphatic heterocycles. The summed E-state index contributed by atoms with van der Waals surface area (Å²) in [7, 11) is -1.02. The van der Waals surface area contributed by atoms with Crippen LogP contribution in [-0.2, 0) is 6.42 Å². The predicted octanol–water partition coefficient (Wildman–Crippen LogP) is 5.13. The van der Waals surface area contributed by atoms with Crippen LogP contribution in [0, 0.1) is 0 Å². The molecule has 2 rings (SSSR count). The van der Waals surface area contributed by atoms with Gasteiger partial charge < -0.3 is 0 Å². The molecule has 0 aromatic heterocycles. The highest BCUT2D eigenvalue weighted by Crippen LogP contribution is 2.37. The maximum Gasteiger partial charge on any atom is 0.0571 e. The van der Waals surface area contributed by atoms with Gasteiger partial charge in [0.15, 0.2) is 0 Å². The van der Waals surface area contributed by atoms with Gasteiger partial charge >= 0.3 is 0 Å². The molecule has 0 saturated carbocycles. The molecule has 1 aliphatic carbocycles. The van der Waals surface area contributed by atoms with Gasteiger partial charge in [-0.25, -0.2) is 0 Å². The summed E-state index contributed by atoms with van der Waals surface area (Å²) < 4.78 is 0. The molecular formula is C16H24Si. The van der Waals surface area contributed by atoms with E-state index >= 15 is 0 Å². The van der Waals surface area contributed by atoms with Crippen molar-refractivity contribution in [2.75, 3.05) is 0 Å². The van der Waals surface area contributed by atoms with Crippen LogP contribution in [0.5, 0.6) is 0 Å². The molecule has 17 heavy (non-hydrogen) atoms. The van der Waals surface area contributed by atoms with Gasteiger partial charge in [-0.2, -0.15) is 0 Å². The second kappa shape index (κ2) is 5.22. The Morgan fingerprint density at radius 1 is 1.00 bits per heavy atom. The summed E-state index contributed by atoms with van der Waals surface area (Å²) >= 11 is 0. The Balaban J connectivity index is 2.21. The van der Waals surface area contributed by atoms with Crippen molar-refractivity contribution in [1.82, 2.24) is 0 Å². The van der Waals surface area contributed by atoms with Crippen molar-refractivity contribution < 1.29 is 0 Å². The molecule has 0 amide bonds. The maximum atomic E-state index is 2.48. The molecule has 0 spiro atoms. The molecule has 0 nitrogen and oxygen atoms in total. The van der Waals surface area contributed by atoms with Gasteiger partial charge in [0.25, 0.3) is 0 Å². The third-order valence-electron chi connectivity index (χ3n) is 4.75. The topological polar surface area (TPSA) is 0 Å². The Bertz CT molecular complexity index is 405. The molecule has 1 aliphatic rings. The quantitative estimate of drug-likeness (QED) is 0.630. The van der Waals surface area contributed by atoms with E-state index in [0.29, 0.717) is 0 Å². The molecular weight excluding hydrogens is 220 g/mol. The summed E-state index contributed by atoms with van der Waals surface area (Å²) in [4.78, 5) is 0. The van der Waals surface area contributed by atoms with Gasteiger partial charge in [-0.05, 0) is 29.2 Å². The highest BCUT2D eigenvalue weighted by atomic mass is 28.3.